The fraction of sp³-hybridized carbons (Fsp3) is 0.103. The molecule has 1 atom stereocenters. The summed E-state index contributed by atoms with van der Waals surface area (Å²) >= 11 is 12.9. The van der Waals surface area contributed by atoms with Gasteiger partial charge in [0.1, 0.15) is 22.1 Å². The van der Waals surface area contributed by atoms with Gasteiger partial charge in [0.05, 0.1) is 19.9 Å². The fourth-order valence-corrected chi connectivity index (χ4v) is 6.59. The normalized spacial score (nSPS) is 16.2. The Labute approximate surface area is 245 Å². The van der Waals surface area contributed by atoms with Crippen LogP contribution in [-0.4, -0.2) is 34.7 Å². The van der Waals surface area contributed by atoms with E-state index in [9.17, 15) is 18.0 Å². The lowest BCUT2D eigenvalue weighted by Gasteiger charge is -2.29. The number of ether oxygens (including phenoxy) is 4. The van der Waals surface area contributed by atoms with Crippen molar-refractivity contribution in [1.29, 1.82) is 0 Å². The Morgan fingerprint density at radius 1 is 0.805 bits per heavy atom. The third-order valence-electron chi connectivity index (χ3n) is 6.37. The van der Waals surface area contributed by atoms with Crippen LogP contribution < -0.4 is 18.5 Å². The molecule has 1 heterocycles. The highest BCUT2D eigenvalue weighted by atomic mass is 35.5. The summed E-state index contributed by atoms with van der Waals surface area (Å²) in [5.41, 5.74) is -2.54. The van der Waals surface area contributed by atoms with Crippen LogP contribution in [0.1, 0.15) is 11.1 Å². The summed E-state index contributed by atoms with van der Waals surface area (Å²) in [7, 11) is -1.99. The van der Waals surface area contributed by atoms with Gasteiger partial charge in [-0.2, -0.15) is 4.31 Å². The van der Waals surface area contributed by atoms with Gasteiger partial charge in [-0.3, -0.25) is 4.79 Å². The van der Waals surface area contributed by atoms with E-state index in [2.05, 4.69) is 0 Å². The molecule has 41 heavy (non-hydrogen) atoms. The van der Waals surface area contributed by atoms with Gasteiger partial charge in [0.25, 0.3) is 15.9 Å². The summed E-state index contributed by atoms with van der Waals surface area (Å²) in [6, 6.07) is 22.2. The van der Waals surface area contributed by atoms with Gasteiger partial charge in [-0.15, -0.1) is 0 Å². The number of carbonyl (C=O) groups is 2. The average molecular weight is 614 g/mol. The number of fused-ring (bicyclic) bond motifs is 1. The van der Waals surface area contributed by atoms with Crippen molar-refractivity contribution in [2.45, 2.75) is 10.5 Å². The molecular formula is C29H21Cl2NO8S. The van der Waals surface area contributed by atoms with Crippen molar-refractivity contribution in [3.63, 3.8) is 0 Å². The van der Waals surface area contributed by atoms with Crippen LogP contribution in [0, 0.1) is 0 Å². The summed E-state index contributed by atoms with van der Waals surface area (Å²) < 4.78 is 50.6. The molecule has 0 saturated heterocycles. The molecule has 12 heteroatoms. The maximum absolute atomic E-state index is 14.5. The van der Waals surface area contributed by atoms with E-state index in [4.69, 9.17) is 42.1 Å². The van der Waals surface area contributed by atoms with Crippen molar-refractivity contribution in [2.75, 3.05) is 18.5 Å². The summed E-state index contributed by atoms with van der Waals surface area (Å²) in [6.45, 7) is 0. The number of rotatable bonds is 7. The van der Waals surface area contributed by atoms with Gasteiger partial charge in [0.2, 0.25) is 5.60 Å². The predicted molar refractivity (Wildman–Crippen MR) is 151 cm³/mol. The molecule has 9 nitrogen and oxygen atoms in total. The average Bonchev–Trinajstić information content (AvgIpc) is 3.21. The number of anilines is 1. The van der Waals surface area contributed by atoms with Gasteiger partial charge in [0.15, 0.2) is 0 Å². The second-order valence-corrected chi connectivity index (χ2v) is 11.3. The van der Waals surface area contributed by atoms with Crippen LogP contribution >= 0.6 is 23.2 Å². The maximum atomic E-state index is 14.5. The monoisotopic (exact) mass is 613 g/mol. The van der Waals surface area contributed by atoms with E-state index in [1.54, 1.807) is 30.3 Å². The van der Waals surface area contributed by atoms with Crippen LogP contribution in [0.5, 0.6) is 17.2 Å². The molecule has 0 aromatic heterocycles. The molecule has 1 amide bonds. The van der Waals surface area contributed by atoms with E-state index in [0.29, 0.717) is 10.1 Å². The second kappa shape index (κ2) is 11.0. The third kappa shape index (κ3) is 4.84. The number of halogens is 2. The van der Waals surface area contributed by atoms with E-state index >= 15 is 0 Å². The quantitative estimate of drug-likeness (QED) is 0.179. The van der Waals surface area contributed by atoms with Gasteiger partial charge >= 0.3 is 6.16 Å². The van der Waals surface area contributed by atoms with Crippen LogP contribution in [0.25, 0.3) is 0 Å². The number of nitrogens with zero attached hydrogens (tertiary/aromatic N) is 1. The molecule has 0 spiro atoms. The molecule has 0 radical (unpaired) electrons. The van der Waals surface area contributed by atoms with E-state index in [1.807, 2.05) is 0 Å². The highest BCUT2D eigenvalue weighted by Crippen LogP contribution is 2.52. The molecular weight excluding hydrogens is 593 g/mol. The molecule has 0 bridgehead atoms. The zero-order chi connectivity index (χ0) is 29.4. The molecule has 4 aromatic rings. The summed E-state index contributed by atoms with van der Waals surface area (Å²) in [5, 5.41) is 0.176. The lowest BCUT2D eigenvalue weighted by Crippen LogP contribution is -2.47. The molecule has 1 unspecified atom stereocenters. The number of carbonyl (C=O) groups excluding carboxylic acids is 2. The van der Waals surface area contributed by atoms with Gasteiger partial charge in [0, 0.05) is 27.2 Å². The highest BCUT2D eigenvalue weighted by Gasteiger charge is 2.60. The molecule has 1 aliphatic heterocycles. The molecule has 1 aliphatic rings. The minimum absolute atomic E-state index is 0.000379. The summed E-state index contributed by atoms with van der Waals surface area (Å²) in [4.78, 5) is 27.4. The van der Waals surface area contributed by atoms with Crippen molar-refractivity contribution >= 4 is 51.0 Å². The van der Waals surface area contributed by atoms with Crippen LogP contribution in [0.2, 0.25) is 10.0 Å². The zero-order valence-electron chi connectivity index (χ0n) is 21.5. The summed E-state index contributed by atoms with van der Waals surface area (Å²) in [5.74, 6) is -0.757. The predicted octanol–water partition coefficient (Wildman–Crippen LogP) is 6.21. The largest absolute Gasteiger partial charge is 0.515 e. The van der Waals surface area contributed by atoms with Crippen LogP contribution in [0.4, 0.5) is 10.5 Å². The number of sulfonamides is 1. The Morgan fingerprint density at radius 3 is 2.20 bits per heavy atom. The van der Waals surface area contributed by atoms with Gasteiger partial charge < -0.3 is 18.9 Å². The molecule has 0 fully saturated rings. The topological polar surface area (TPSA) is 108 Å². The SMILES string of the molecule is COc1ccc(S(=O)(=O)N2C(=O)C(OC(=O)Oc3ccccc3)(c3ccccc3Cl)c3cc(Cl)ccc32)c(OC)c1. The molecule has 0 aliphatic carbocycles. The van der Waals surface area contributed by atoms with Crippen LogP contribution in [0.15, 0.2) is 95.9 Å². The van der Waals surface area contributed by atoms with E-state index < -0.39 is 27.7 Å². The molecule has 0 N–H and O–H groups in total. The standard InChI is InChI=1S/C29H21Cl2NO8S/c1-37-20-13-15-26(25(17-20)38-2)41(35,36)32-24-14-12-18(30)16-22(24)29(27(32)33,21-10-6-7-11-23(21)31)40-28(34)39-19-8-4-3-5-9-19/h3-17H,1-2H3. The molecule has 210 valence electrons. The van der Waals surface area contributed by atoms with Crippen molar-refractivity contribution in [1.82, 2.24) is 0 Å². The third-order valence-corrected chi connectivity index (χ3v) is 8.67. The highest BCUT2D eigenvalue weighted by molar-refractivity contribution is 7.93. The number of para-hydroxylation sites is 1. The molecule has 0 saturated carbocycles. The fourth-order valence-electron chi connectivity index (χ4n) is 4.55. The van der Waals surface area contributed by atoms with E-state index in [1.165, 1.54) is 74.9 Å². The smallest absolute Gasteiger partial charge is 0.497 e. The van der Waals surface area contributed by atoms with Crippen LogP contribution in [-0.2, 0) is 25.2 Å². The number of hydrogen-bond donors (Lipinski definition) is 0. The number of amides is 1. The van der Waals surface area contributed by atoms with Crippen molar-refractivity contribution < 1.29 is 37.0 Å². The van der Waals surface area contributed by atoms with Crippen LogP contribution in [0.3, 0.4) is 0 Å². The lowest BCUT2D eigenvalue weighted by atomic mass is 9.87. The minimum atomic E-state index is -4.68. The Hall–Kier alpha value is -4.25. The Morgan fingerprint density at radius 2 is 1.51 bits per heavy atom. The minimum Gasteiger partial charge on any atom is -0.497 e. The summed E-state index contributed by atoms with van der Waals surface area (Å²) in [6.07, 6.45) is -1.28. The Balaban J connectivity index is 1.73. The first-order valence-electron chi connectivity index (χ1n) is 12.0. The van der Waals surface area contributed by atoms with Crippen molar-refractivity contribution in [3.8, 4) is 17.2 Å². The molecule has 4 aromatic carbocycles. The molecule has 5 rings (SSSR count). The number of methoxy groups -OCH3 is 2. The van der Waals surface area contributed by atoms with Gasteiger partial charge in [-0.1, -0.05) is 59.6 Å². The number of hydrogen-bond acceptors (Lipinski definition) is 8. The van der Waals surface area contributed by atoms with Gasteiger partial charge in [-0.05, 0) is 48.5 Å². The second-order valence-electron chi connectivity index (χ2n) is 8.68. The first-order chi connectivity index (χ1) is 19.6. The van der Waals surface area contributed by atoms with Crippen molar-refractivity contribution in [3.05, 3.63) is 112 Å². The lowest BCUT2D eigenvalue weighted by molar-refractivity contribution is -0.132. The maximum Gasteiger partial charge on any atom is 0.515 e. The first-order valence-corrected chi connectivity index (χ1v) is 14.2. The Kier molecular flexibility index (Phi) is 7.56. The van der Waals surface area contributed by atoms with Crippen molar-refractivity contribution in [2.24, 2.45) is 0 Å². The Bertz CT molecular complexity index is 1760. The van der Waals surface area contributed by atoms with Gasteiger partial charge in [-0.25, -0.2) is 13.2 Å². The van der Waals surface area contributed by atoms with E-state index in [0.717, 1.165) is 0 Å². The number of benzene rings is 4. The van der Waals surface area contributed by atoms with E-state index in [-0.39, 0.29) is 43.3 Å². The first kappa shape index (κ1) is 28.3. The zero-order valence-corrected chi connectivity index (χ0v) is 23.9.